The zero-order chi connectivity index (χ0) is 40.1. The summed E-state index contributed by atoms with van der Waals surface area (Å²) in [6.45, 7) is 5.70. The maximum atomic E-state index is 13.1. The number of amides is 4. The van der Waals surface area contributed by atoms with E-state index in [1.165, 1.54) is 18.2 Å². The fraction of sp³-hybridized carbons (Fsp3) is 0.543. The normalized spacial score (nSPS) is 15.2. The van der Waals surface area contributed by atoms with Gasteiger partial charge in [0.2, 0.25) is 11.8 Å². The Morgan fingerprint density at radius 2 is 1.14 bits per heavy atom. The SMILES string of the molecule is O=C1CCC(N2C(=O)c3cccc(NCCOCCOCCOCCOCCOCCOCCOCCNc4ccc([N+](=O)[O-])cc4[N+](=O)[O-])c3C2=O)C(=O)N1. The quantitative estimate of drug-likeness (QED) is 0.0457. The molecule has 1 fully saturated rings. The second-order valence-electron chi connectivity index (χ2n) is 12.0. The summed E-state index contributed by atoms with van der Waals surface area (Å²) in [4.78, 5) is 71.4. The van der Waals surface area contributed by atoms with E-state index in [0.29, 0.717) is 98.1 Å². The molecule has 1 unspecified atom stereocenters. The van der Waals surface area contributed by atoms with Crippen LogP contribution in [0.1, 0.15) is 33.6 Å². The van der Waals surface area contributed by atoms with E-state index in [0.717, 1.165) is 11.0 Å². The molecule has 21 heteroatoms. The number of non-ortho nitro benzene ring substituents is 1. The predicted octanol–water partition coefficient (Wildman–Crippen LogP) is 1.54. The van der Waals surface area contributed by atoms with E-state index in [1.807, 2.05) is 0 Å². The number of benzene rings is 2. The highest BCUT2D eigenvalue weighted by Gasteiger charge is 2.45. The number of nitrogens with zero attached hydrogens (tertiary/aromatic N) is 3. The van der Waals surface area contributed by atoms with E-state index < -0.39 is 39.5 Å². The van der Waals surface area contributed by atoms with E-state index in [4.69, 9.17) is 33.2 Å². The fourth-order valence-corrected chi connectivity index (χ4v) is 5.53. The first kappa shape index (κ1) is 43.6. The third-order valence-electron chi connectivity index (χ3n) is 8.21. The number of anilines is 2. The summed E-state index contributed by atoms with van der Waals surface area (Å²) in [6, 6.07) is 7.23. The maximum absolute atomic E-state index is 13.1. The highest BCUT2D eigenvalue weighted by Crippen LogP contribution is 2.32. The van der Waals surface area contributed by atoms with Crippen molar-refractivity contribution in [2.24, 2.45) is 0 Å². The lowest BCUT2D eigenvalue weighted by molar-refractivity contribution is -0.393. The number of carbonyl (C=O) groups is 4. The molecule has 2 heterocycles. The summed E-state index contributed by atoms with van der Waals surface area (Å²) in [5.41, 5.74) is 0.286. The van der Waals surface area contributed by atoms with Crippen LogP contribution < -0.4 is 16.0 Å². The Labute approximate surface area is 321 Å². The van der Waals surface area contributed by atoms with Crippen molar-refractivity contribution in [3.8, 4) is 0 Å². The molecule has 4 amide bonds. The van der Waals surface area contributed by atoms with Gasteiger partial charge in [-0.3, -0.25) is 49.6 Å². The Bertz CT molecular complexity index is 1660. The molecule has 2 aromatic rings. The van der Waals surface area contributed by atoms with Gasteiger partial charge in [-0.2, -0.15) is 0 Å². The molecule has 2 aliphatic rings. The van der Waals surface area contributed by atoms with Crippen LogP contribution in [0.2, 0.25) is 0 Å². The molecule has 0 saturated carbocycles. The summed E-state index contributed by atoms with van der Waals surface area (Å²) in [7, 11) is 0. The molecule has 0 aliphatic carbocycles. The van der Waals surface area contributed by atoms with Gasteiger partial charge in [-0.05, 0) is 24.6 Å². The van der Waals surface area contributed by atoms with Gasteiger partial charge in [0.05, 0.1) is 120 Å². The zero-order valence-corrected chi connectivity index (χ0v) is 30.7. The number of hydrogen-bond donors (Lipinski definition) is 3. The lowest BCUT2D eigenvalue weighted by Gasteiger charge is -2.27. The van der Waals surface area contributed by atoms with Crippen LogP contribution in [-0.2, 0) is 42.7 Å². The lowest BCUT2D eigenvalue weighted by atomic mass is 10.0. The van der Waals surface area contributed by atoms with Gasteiger partial charge in [-0.25, -0.2) is 0 Å². The maximum Gasteiger partial charge on any atom is 0.299 e. The number of hydrogen-bond acceptors (Lipinski definition) is 17. The average Bonchev–Trinajstić information content (AvgIpc) is 3.43. The third kappa shape index (κ3) is 13.5. The Morgan fingerprint density at radius 1 is 0.643 bits per heavy atom. The Kier molecular flexibility index (Phi) is 18.4. The number of fused-ring (bicyclic) bond motifs is 1. The minimum absolute atomic E-state index is 0.0527. The van der Waals surface area contributed by atoms with E-state index in [-0.39, 0.29) is 54.2 Å². The molecule has 2 aromatic carbocycles. The summed E-state index contributed by atoms with van der Waals surface area (Å²) in [5.74, 6) is -2.22. The number of ether oxygens (including phenoxy) is 7. The predicted molar refractivity (Wildman–Crippen MR) is 196 cm³/mol. The van der Waals surface area contributed by atoms with Crippen LogP contribution in [0.4, 0.5) is 22.7 Å². The average molecular weight is 791 g/mol. The van der Waals surface area contributed by atoms with Crippen LogP contribution in [0.15, 0.2) is 36.4 Å². The molecule has 0 radical (unpaired) electrons. The molecular weight excluding hydrogens is 744 g/mol. The molecule has 2 aliphatic heterocycles. The van der Waals surface area contributed by atoms with Gasteiger partial charge >= 0.3 is 0 Å². The van der Waals surface area contributed by atoms with Crippen LogP contribution in [0.3, 0.4) is 0 Å². The van der Waals surface area contributed by atoms with E-state index in [1.54, 1.807) is 12.1 Å². The van der Waals surface area contributed by atoms with Crippen LogP contribution in [0.5, 0.6) is 0 Å². The van der Waals surface area contributed by atoms with Crippen molar-refractivity contribution in [1.82, 2.24) is 10.2 Å². The minimum atomic E-state index is -1.03. The molecule has 1 saturated heterocycles. The molecule has 0 aromatic heterocycles. The zero-order valence-electron chi connectivity index (χ0n) is 30.7. The summed E-state index contributed by atoms with van der Waals surface area (Å²) in [5, 5.41) is 30.1. The number of nitrogens with one attached hydrogen (secondary N) is 3. The van der Waals surface area contributed by atoms with Crippen molar-refractivity contribution in [1.29, 1.82) is 0 Å². The molecule has 56 heavy (non-hydrogen) atoms. The van der Waals surface area contributed by atoms with Crippen molar-refractivity contribution in [3.05, 3.63) is 67.8 Å². The number of piperidine rings is 1. The molecule has 0 bridgehead atoms. The van der Waals surface area contributed by atoms with Gasteiger partial charge in [-0.15, -0.1) is 0 Å². The van der Waals surface area contributed by atoms with Gasteiger partial charge in [0.15, 0.2) is 0 Å². The monoisotopic (exact) mass is 790 g/mol. The number of rotatable bonds is 29. The number of nitro groups is 2. The second kappa shape index (κ2) is 23.7. The molecule has 4 rings (SSSR count). The van der Waals surface area contributed by atoms with Crippen molar-refractivity contribution >= 4 is 46.4 Å². The largest absolute Gasteiger partial charge is 0.382 e. The first-order valence-electron chi connectivity index (χ1n) is 18.0. The Balaban J connectivity index is 0.889. The van der Waals surface area contributed by atoms with E-state index in [9.17, 15) is 39.4 Å². The fourth-order valence-electron chi connectivity index (χ4n) is 5.53. The number of nitro benzene ring substituents is 2. The van der Waals surface area contributed by atoms with Crippen LogP contribution >= 0.6 is 0 Å². The van der Waals surface area contributed by atoms with Crippen LogP contribution in [0.25, 0.3) is 0 Å². The van der Waals surface area contributed by atoms with Crippen molar-refractivity contribution in [3.63, 3.8) is 0 Å². The highest BCUT2D eigenvalue weighted by atomic mass is 16.6. The van der Waals surface area contributed by atoms with E-state index >= 15 is 0 Å². The molecule has 3 N–H and O–H groups in total. The molecule has 1 atom stereocenters. The minimum Gasteiger partial charge on any atom is -0.382 e. The Hall–Kier alpha value is -5.16. The van der Waals surface area contributed by atoms with E-state index in [2.05, 4.69) is 16.0 Å². The third-order valence-corrected chi connectivity index (χ3v) is 8.21. The van der Waals surface area contributed by atoms with Crippen LogP contribution in [-0.4, -0.2) is 150 Å². The number of carbonyl (C=O) groups excluding carboxylic acids is 4. The van der Waals surface area contributed by atoms with Crippen molar-refractivity contribution in [2.45, 2.75) is 18.9 Å². The van der Waals surface area contributed by atoms with Gasteiger partial charge in [0.1, 0.15) is 11.7 Å². The first-order valence-corrected chi connectivity index (χ1v) is 18.0. The lowest BCUT2D eigenvalue weighted by Crippen LogP contribution is -2.54. The van der Waals surface area contributed by atoms with Crippen molar-refractivity contribution < 1.29 is 62.2 Å². The van der Waals surface area contributed by atoms with Crippen molar-refractivity contribution in [2.75, 3.05) is 116 Å². The molecule has 0 spiro atoms. The first-order chi connectivity index (χ1) is 27.2. The second-order valence-corrected chi connectivity index (χ2v) is 12.0. The molecule has 21 nitrogen and oxygen atoms in total. The van der Waals surface area contributed by atoms with Gasteiger partial charge in [0.25, 0.3) is 23.2 Å². The molecular formula is C35H46N6O15. The topological polar surface area (TPSA) is 258 Å². The molecule has 306 valence electrons. The Morgan fingerprint density at radius 3 is 1.62 bits per heavy atom. The van der Waals surface area contributed by atoms with Gasteiger partial charge in [-0.1, -0.05) is 6.07 Å². The standard InChI is InChI=1S/C35H46N6O15/c42-31-7-6-29(33(43)38-31)39-34(44)26-2-1-3-28(32(26)35(39)45)37-9-11-51-13-15-53-17-19-55-21-23-56-22-20-54-18-16-52-14-12-50-10-8-36-27-5-4-25(40(46)47)24-30(27)41(48)49/h1-5,24,29,36-37H,6-23H2,(H,38,42,43). The summed E-state index contributed by atoms with van der Waals surface area (Å²) < 4.78 is 38.3. The summed E-state index contributed by atoms with van der Waals surface area (Å²) in [6.07, 6.45) is 0.143. The summed E-state index contributed by atoms with van der Waals surface area (Å²) >= 11 is 0. The van der Waals surface area contributed by atoms with Crippen LogP contribution in [0, 0.1) is 20.2 Å². The smallest absolute Gasteiger partial charge is 0.299 e. The highest BCUT2D eigenvalue weighted by molar-refractivity contribution is 6.25. The van der Waals surface area contributed by atoms with Gasteiger partial charge < -0.3 is 43.8 Å². The van der Waals surface area contributed by atoms with Gasteiger partial charge in [0, 0.05) is 31.3 Å². The number of imide groups is 2.